The van der Waals surface area contributed by atoms with Crippen molar-refractivity contribution in [1.29, 1.82) is 0 Å². The lowest BCUT2D eigenvalue weighted by atomic mass is 9.99. The molecule has 0 aliphatic carbocycles. The lowest BCUT2D eigenvalue weighted by Crippen LogP contribution is -2.33. The molecule has 2 aromatic carbocycles. The number of halogens is 1. The van der Waals surface area contributed by atoms with E-state index < -0.39 is 17.9 Å². The standard InChI is InChI=1S/C16H14FN3O/c1-9-5-7-10(8-6-9)13-11-3-2-4-12(17)14(11)20-16(21)15(18)19-13/h2-8,15H,18H2,1H3,(H,20,21). The SMILES string of the molecule is Cc1ccc(C2=NC(N)C(=O)Nc3c(F)cccc32)cc1. The number of hydrogen-bond acceptors (Lipinski definition) is 3. The van der Waals surface area contributed by atoms with Gasteiger partial charge in [-0.25, -0.2) is 4.39 Å². The number of aryl methyl sites for hydroxylation is 1. The van der Waals surface area contributed by atoms with Crippen molar-refractivity contribution in [1.82, 2.24) is 0 Å². The number of rotatable bonds is 1. The molecule has 3 rings (SSSR count). The van der Waals surface area contributed by atoms with Gasteiger partial charge in [0.05, 0.1) is 11.4 Å². The van der Waals surface area contributed by atoms with Gasteiger partial charge in [0.2, 0.25) is 0 Å². The molecule has 5 heteroatoms. The Labute approximate surface area is 121 Å². The van der Waals surface area contributed by atoms with Crippen LogP contribution in [0.3, 0.4) is 0 Å². The average Bonchev–Trinajstić information content (AvgIpc) is 2.59. The Balaban J connectivity index is 2.22. The first-order valence-electron chi connectivity index (χ1n) is 6.56. The van der Waals surface area contributed by atoms with Crippen LogP contribution in [0.4, 0.5) is 10.1 Å². The minimum Gasteiger partial charge on any atom is -0.320 e. The molecular weight excluding hydrogens is 269 g/mol. The molecule has 2 aromatic rings. The smallest absolute Gasteiger partial charge is 0.263 e. The minimum absolute atomic E-state index is 0.120. The highest BCUT2D eigenvalue weighted by atomic mass is 19.1. The van der Waals surface area contributed by atoms with E-state index in [2.05, 4.69) is 10.3 Å². The fourth-order valence-corrected chi connectivity index (χ4v) is 2.25. The molecule has 21 heavy (non-hydrogen) atoms. The van der Waals surface area contributed by atoms with E-state index in [4.69, 9.17) is 5.73 Å². The predicted octanol–water partition coefficient (Wildman–Crippen LogP) is 2.21. The Morgan fingerprint density at radius 3 is 2.62 bits per heavy atom. The molecule has 0 radical (unpaired) electrons. The minimum atomic E-state index is -1.06. The lowest BCUT2D eigenvalue weighted by Gasteiger charge is -2.10. The molecule has 3 N–H and O–H groups in total. The molecule has 1 amide bonds. The number of para-hydroxylation sites is 1. The summed E-state index contributed by atoms with van der Waals surface area (Å²) in [6.07, 6.45) is -1.06. The number of benzene rings is 2. The maximum absolute atomic E-state index is 14.0. The zero-order valence-corrected chi connectivity index (χ0v) is 11.4. The highest BCUT2D eigenvalue weighted by Gasteiger charge is 2.24. The van der Waals surface area contributed by atoms with Gasteiger partial charge in [-0.15, -0.1) is 0 Å². The number of carbonyl (C=O) groups excluding carboxylic acids is 1. The molecule has 1 aliphatic heterocycles. The molecule has 4 nitrogen and oxygen atoms in total. The lowest BCUT2D eigenvalue weighted by molar-refractivity contribution is -0.117. The van der Waals surface area contributed by atoms with Gasteiger partial charge in [-0.05, 0) is 13.0 Å². The van der Waals surface area contributed by atoms with Gasteiger partial charge in [0, 0.05) is 11.1 Å². The first-order chi connectivity index (χ1) is 10.1. The maximum Gasteiger partial charge on any atom is 0.263 e. The third-order valence-corrected chi connectivity index (χ3v) is 3.38. The third kappa shape index (κ3) is 2.43. The summed E-state index contributed by atoms with van der Waals surface area (Å²) in [5.41, 5.74) is 8.79. The summed E-state index contributed by atoms with van der Waals surface area (Å²) < 4.78 is 14.0. The number of amides is 1. The Kier molecular flexibility index (Phi) is 3.27. The number of nitrogens with one attached hydrogen (secondary N) is 1. The number of carbonyl (C=O) groups is 1. The second-order valence-electron chi connectivity index (χ2n) is 4.94. The van der Waals surface area contributed by atoms with Crippen molar-refractivity contribution < 1.29 is 9.18 Å². The molecule has 0 saturated carbocycles. The molecule has 1 aliphatic rings. The molecule has 1 heterocycles. The van der Waals surface area contributed by atoms with Crippen LogP contribution in [0.1, 0.15) is 16.7 Å². The van der Waals surface area contributed by atoms with Crippen molar-refractivity contribution in [3.63, 3.8) is 0 Å². The Bertz CT molecular complexity index is 738. The van der Waals surface area contributed by atoms with Crippen molar-refractivity contribution in [2.45, 2.75) is 13.1 Å². The number of benzodiazepines with no additional fused rings is 1. The van der Waals surface area contributed by atoms with Gasteiger partial charge in [0.1, 0.15) is 5.82 Å². The van der Waals surface area contributed by atoms with Gasteiger partial charge >= 0.3 is 0 Å². The van der Waals surface area contributed by atoms with E-state index in [1.54, 1.807) is 12.1 Å². The Morgan fingerprint density at radius 1 is 1.19 bits per heavy atom. The number of aliphatic imine (C=N–C) groups is 1. The van der Waals surface area contributed by atoms with Crippen LogP contribution in [-0.4, -0.2) is 17.8 Å². The van der Waals surface area contributed by atoms with Gasteiger partial charge in [-0.1, -0.05) is 42.0 Å². The number of anilines is 1. The summed E-state index contributed by atoms with van der Waals surface area (Å²) in [6.45, 7) is 1.98. The summed E-state index contributed by atoms with van der Waals surface area (Å²) in [5.74, 6) is -1.03. The van der Waals surface area contributed by atoms with E-state index in [1.165, 1.54) is 6.07 Å². The fraction of sp³-hybridized carbons (Fsp3) is 0.125. The molecule has 0 spiro atoms. The highest BCUT2D eigenvalue weighted by molar-refractivity contribution is 6.19. The van der Waals surface area contributed by atoms with Gasteiger partial charge in [0.25, 0.3) is 5.91 Å². The van der Waals surface area contributed by atoms with Gasteiger partial charge in [-0.2, -0.15) is 0 Å². The first-order valence-corrected chi connectivity index (χ1v) is 6.56. The van der Waals surface area contributed by atoms with Crippen LogP contribution in [0.2, 0.25) is 0 Å². The third-order valence-electron chi connectivity index (χ3n) is 3.38. The molecule has 0 bridgehead atoms. The largest absolute Gasteiger partial charge is 0.320 e. The molecule has 0 saturated heterocycles. The highest BCUT2D eigenvalue weighted by Crippen LogP contribution is 2.26. The van der Waals surface area contributed by atoms with Gasteiger partial charge in [0.15, 0.2) is 6.17 Å². The molecule has 0 aromatic heterocycles. The van der Waals surface area contributed by atoms with E-state index >= 15 is 0 Å². The van der Waals surface area contributed by atoms with Crippen LogP contribution in [0.25, 0.3) is 0 Å². The Hall–Kier alpha value is -2.53. The fourth-order valence-electron chi connectivity index (χ4n) is 2.25. The van der Waals surface area contributed by atoms with Gasteiger partial charge in [-0.3, -0.25) is 9.79 Å². The molecular formula is C16H14FN3O. The van der Waals surface area contributed by atoms with Crippen LogP contribution in [0.15, 0.2) is 47.5 Å². The maximum atomic E-state index is 14.0. The van der Waals surface area contributed by atoms with Crippen molar-refractivity contribution >= 4 is 17.3 Å². The van der Waals surface area contributed by atoms with Crippen molar-refractivity contribution in [2.24, 2.45) is 10.7 Å². The van der Waals surface area contributed by atoms with Crippen molar-refractivity contribution in [3.05, 3.63) is 65.0 Å². The van der Waals surface area contributed by atoms with E-state index in [9.17, 15) is 9.18 Å². The molecule has 106 valence electrons. The van der Waals surface area contributed by atoms with E-state index in [0.717, 1.165) is 11.1 Å². The quantitative estimate of drug-likeness (QED) is 0.842. The monoisotopic (exact) mass is 283 g/mol. The van der Waals surface area contributed by atoms with Crippen LogP contribution in [0.5, 0.6) is 0 Å². The van der Waals surface area contributed by atoms with Crippen molar-refractivity contribution in [3.8, 4) is 0 Å². The summed E-state index contributed by atoms with van der Waals surface area (Å²) in [6, 6.07) is 12.2. The summed E-state index contributed by atoms with van der Waals surface area (Å²) in [5, 5.41) is 2.50. The number of hydrogen-bond donors (Lipinski definition) is 2. The topological polar surface area (TPSA) is 67.5 Å². The van der Waals surface area contributed by atoms with E-state index in [-0.39, 0.29) is 5.69 Å². The number of nitrogens with zero attached hydrogens (tertiary/aromatic N) is 1. The summed E-state index contributed by atoms with van der Waals surface area (Å²) in [4.78, 5) is 16.1. The number of nitrogens with two attached hydrogens (primary N) is 1. The van der Waals surface area contributed by atoms with E-state index in [1.807, 2.05) is 31.2 Å². The Morgan fingerprint density at radius 2 is 1.90 bits per heavy atom. The summed E-state index contributed by atoms with van der Waals surface area (Å²) in [7, 11) is 0. The zero-order valence-electron chi connectivity index (χ0n) is 11.4. The van der Waals surface area contributed by atoms with Crippen LogP contribution in [-0.2, 0) is 4.79 Å². The zero-order chi connectivity index (χ0) is 15.0. The van der Waals surface area contributed by atoms with Gasteiger partial charge < -0.3 is 11.1 Å². The predicted molar refractivity (Wildman–Crippen MR) is 79.8 cm³/mol. The van der Waals surface area contributed by atoms with Crippen LogP contribution >= 0.6 is 0 Å². The van der Waals surface area contributed by atoms with E-state index in [0.29, 0.717) is 11.3 Å². The first kappa shape index (κ1) is 13.5. The normalized spacial score (nSPS) is 17.6. The van der Waals surface area contributed by atoms with Crippen LogP contribution in [0, 0.1) is 12.7 Å². The number of fused-ring (bicyclic) bond motifs is 1. The molecule has 1 atom stereocenters. The second-order valence-corrected chi connectivity index (χ2v) is 4.94. The second kappa shape index (κ2) is 5.10. The van der Waals surface area contributed by atoms with Crippen molar-refractivity contribution in [2.75, 3.05) is 5.32 Å². The molecule has 0 fully saturated rings. The van der Waals surface area contributed by atoms with Crippen LogP contribution < -0.4 is 11.1 Å². The average molecular weight is 283 g/mol. The molecule has 1 unspecified atom stereocenters. The summed E-state index contributed by atoms with van der Waals surface area (Å²) >= 11 is 0.